The van der Waals surface area contributed by atoms with Crippen molar-refractivity contribution in [3.05, 3.63) is 108 Å². The Morgan fingerprint density at radius 1 is 0.794 bits per heavy atom. The number of hydrogen-bond acceptors (Lipinski definition) is 3. The Morgan fingerprint density at radius 2 is 1.41 bits per heavy atom. The van der Waals surface area contributed by atoms with Crippen LogP contribution in [0.2, 0.25) is 0 Å². The SMILES string of the molecule is Cc1ccc(S(=O)(=O)[O-])cc1.Cn1c2ccccc2c2cc(/C=C/c3cc[n+](C)cc3)ccc21. The first-order chi connectivity index (χ1) is 16.2. The number of hydrogen-bond donors (Lipinski definition) is 0. The van der Waals surface area contributed by atoms with E-state index in [0.717, 1.165) is 5.56 Å². The number of pyridine rings is 1. The number of benzene rings is 3. The fraction of sp³-hybridized carbons (Fsp3) is 0.107. The van der Waals surface area contributed by atoms with E-state index in [4.69, 9.17) is 0 Å². The topological polar surface area (TPSA) is 66.0 Å². The molecular formula is C28H26N2O3S. The van der Waals surface area contributed by atoms with Crippen molar-refractivity contribution in [1.29, 1.82) is 0 Å². The molecule has 34 heavy (non-hydrogen) atoms. The van der Waals surface area contributed by atoms with Gasteiger partial charge in [0.05, 0.1) is 4.90 Å². The molecule has 2 aromatic heterocycles. The van der Waals surface area contributed by atoms with Crippen LogP contribution in [-0.2, 0) is 24.2 Å². The van der Waals surface area contributed by atoms with Crippen LogP contribution in [-0.4, -0.2) is 17.5 Å². The predicted octanol–water partition coefficient (Wildman–Crippen LogP) is 5.23. The molecule has 6 heteroatoms. The van der Waals surface area contributed by atoms with Crippen molar-refractivity contribution in [3.63, 3.8) is 0 Å². The highest BCUT2D eigenvalue weighted by atomic mass is 32.2. The van der Waals surface area contributed by atoms with Gasteiger partial charge < -0.3 is 9.12 Å². The molecule has 5 aromatic rings. The third-order valence-electron chi connectivity index (χ3n) is 5.72. The van der Waals surface area contributed by atoms with Gasteiger partial charge in [-0.25, -0.2) is 13.0 Å². The first kappa shape index (κ1) is 23.4. The molecule has 0 aliphatic heterocycles. The summed E-state index contributed by atoms with van der Waals surface area (Å²) in [4.78, 5) is -0.178. The molecule has 2 heterocycles. The smallest absolute Gasteiger partial charge is 0.169 e. The molecule has 0 N–H and O–H groups in total. The van der Waals surface area contributed by atoms with Gasteiger partial charge in [0.15, 0.2) is 12.4 Å². The average molecular weight is 471 g/mol. The molecule has 5 nitrogen and oxygen atoms in total. The van der Waals surface area contributed by atoms with Gasteiger partial charge in [-0.15, -0.1) is 0 Å². The van der Waals surface area contributed by atoms with Gasteiger partial charge >= 0.3 is 0 Å². The Labute approximate surface area is 200 Å². The highest BCUT2D eigenvalue weighted by molar-refractivity contribution is 7.85. The monoisotopic (exact) mass is 470 g/mol. The van der Waals surface area contributed by atoms with Gasteiger partial charge in [0.25, 0.3) is 0 Å². The second-order valence-corrected chi connectivity index (χ2v) is 9.63. The first-order valence-electron chi connectivity index (χ1n) is 10.9. The summed E-state index contributed by atoms with van der Waals surface area (Å²) in [6, 6.07) is 25.3. The Balaban J connectivity index is 0.000000210. The van der Waals surface area contributed by atoms with Crippen molar-refractivity contribution in [2.45, 2.75) is 11.8 Å². The lowest BCUT2D eigenvalue weighted by Gasteiger charge is -2.05. The zero-order valence-corrected chi connectivity index (χ0v) is 20.2. The molecule has 0 amide bonds. The summed E-state index contributed by atoms with van der Waals surface area (Å²) in [5, 5.41) is 2.62. The van der Waals surface area contributed by atoms with Crippen molar-refractivity contribution in [1.82, 2.24) is 4.57 Å². The number of para-hydroxylation sites is 1. The van der Waals surface area contributed by atoms with E-state index in [-0.39, 0.29) is 4.90 Å². The largest absolute Gasteiger partial charge is 0.744 e. The Hall–Kier alpha value is -3.74. The van der Waals surface area contributed by atoms with E-state index in [9.17, 15) is 13.0 Å². The molecular weight excluding hydrogens is 444 g/mol. The summed E-state index contributed by atoms with van der Waals surface area (Å²) in [7, 11) is -0.111. The zero-order chi connectivity index (χ0) is 24.3. The molecule has 0 fully saturated rings. The van der Waals surface area contributed by atoms with Crippen LogP contribution in [0.25, 0.3) is 34.0 Å². The summed E-state index contributed by atoms with van der Waals surface area (Å²) >= 11 is 0. The summed E-state index contributed by atoms with van der Waals surface area (Å²) in [6.07, 6.45) is 8.46. The maximum absolute atomic E-state index is 10.4. The molecule has 0 aliphatic carbocycles. The number of fused-ring (bicyclic) bond motifs is 3. The van der Waals surface area contributed by atoms with Crippen molar-refractivity contribution >= 4 is 44.1 Å². The van der Waals surface area contributed by atoms with E-state index < -0.39 is 10.1 Å². The minimum Gasteiger partial charge on any atom is -0.744 e. The van der Waals surface area contributed by atoms with Crippen LogP contribution in [0.5, 0.6) is 0 Å². The summed E-state index contributed by atoms with van der Waals surface area (Å²) in [6.45, 7) is 1.82. The van der Waals surface area contributed by atoms with Crippen LogP contribution in [0.15, 0.2) is 96.2 Å². The fourth-order valence-corrected chi connectivity index (χ4v) is 4.28. The molecule has 0 spiro atoms. The molecule has 0 aliphatic rings. The normalized spacial score (nSPS) is 11.6. The number of nitrogens with zero attached hydrogens (tertiary/aromatic N) is 2. The van der Waals surface area contributed by atoms with Crippen molar-refractivity contribution < 1.29 is 17.5 Å². The van der Waals surface area contributed by atoms with E-state index in [1.165, 1.54) is 45.1 Å². The number of rotatable bonds is 3. The number of aromatic nitrogens is 2. The summed E-state index contributed by atoms with van der Waals surface area (Å²) in [5.41, 5.74) is 5.91. The molecule has 172 valence electrons. The highest BCUT2D eigenvalue weighted by Crippen LogP contribution is 2.29. The van der Waals surface area contributed by atoms with Gasteiger partial charge in [0.2, 0.25) is 0 Å². The molecule has 0 bridgehead atoms. The highest BCUT2D eigenvalue weighted by Gasteiger charge is 2.07. The standard InChI is InChI=1S/C21H19N2.C7H8O3S/c1-22-13-11-16(12-14-22)7-8-17-9-10-21-19(15-17)18-5-3-4-6-20(18)23(21)2;1-6-2-4-7(5-3-6)11(8,9)10/h3-15H,1-2H3;2-5H,1H3,(H,8,9,10)/q+1;/p-1. The molecule has 0 unspecified atom stereocenters. The lowest BCUT2D eigenvalue weighted by atomic mass is 10.1. The minimum absolute atomic E-state index is 0.178. The van der Waals surface area contributed by atoms with Crippen LogP contribution in [0.3, 0.4) is 0 Å². The van der Waals surface area contributed by atoms with Gasteiger partial charge in [-0.2, -0.15) is 0 Å². The van der Waals surface area contributed by atoms with Gasteiger partial charge in [-0.1, -0.05) is 54.1 Å². The molecule has 0 saturated carbocycles. The van der Waals surface area contributed by atoms with Crippen LogP contribution in [0.1, 0.15) is 16.7 Å². The van der Waals surface area contributed by atoms with E-state index >= 15 is 0 Å². The van der Waals surface area contributed by atoms with E-state index in [1.54, 1.807) is 12.1 Å². The minimum atomic E-state index is -4.27. The third-order valence-corrected chi connectivity index (χ3v) is 6.57. The Morgan fingerprint density at radius 3 is 2.09 bits per heavy atom. The molecule has 3 aromatic carbocycles. The molecule has 0 saturated heterocycles. The Bertz CT molecular complexity index is 1580. The van der Waals surface area contributed by atoms with Gasteiger partial charge in [-0.05, 0) is 48.4 Å². The predicted molar refractivity (Wildman–Crippen MR) is 136 cm³/mol. The maximum atomic E-state index is 10.4. The molecule has 0 atom stereocenters. The van der Waals surface area contributed by atoms with Gasteiger partial charge in [0, 0.05) is 41.0 Å². The third kappa shape index (κ3) is 5.25. The molecule has 5 rings (SSSR count). The van der Waals surface area contributed by atoms with Gasteiger partial charge in [0.1, 0.15) is 17.2 Å². The second-order valence-electron chi connectivity index (χ2n) is 8.25. The maximum Gasteiger partial charge on any atom is 0.169 e. The summed E-state index contributed by atoms with van der Waals surface area (Å²) < 4.78 is 35.5. The van der Waals surface area contributed by atoms with E-state index in [2.05, 4.69) is 90.8 Å². The van der Waals surface area contributed by atoms with Crippen LogP contribution in [0.4, 0.5) is 0 Å². The van der Waals surface area contributed by atoms with Crippen LogP contribution < -0.4 is 4.57 Å². The average Bonchev–Trinajstić information content (AvgIpc) is 3.11. The van der Waals surface area contributed by atoms with E-state index in [0.29, 0.717) is 0 Å². The van der Waals surface area contributed by atoms with Crippen LogP contribution >= 0.6 is 0 Å². The molecule has 0 radical (unpaired) electrons. The van der Waals surface area contributed by atoms with E-state index in [1.807, 2.05) is 18.5 Å². The lowest BCUT2D eigenvalue weighted by molar-refractivity contribution is -0.671. The lowest BCUT2D eigenvalue weighted by Crippen LogP contribution is -2.25. The van der Waals surface area contributed by atoms with Crippen molar-refractivity contribution in [3.8, 4) is 0 Å². The van der Waals surface area contributed by atoms with Gasteiger partial charge in [-0.3, -0.25) is 0 Å². The zero-order valence-electron chi connectivity index (χ0n) is 19.3. The second kappa shape index (κ2) is 9.63. The number of aryl methyl sites for hydroxylation is 3. The quantitative estimate of drug-likeness (QED) is 0.268. The summed E-state index contributed by atoms with van der Waals surface area (Å²) in [5.74, 6) is 0. The van der Waals surface area contributed by atoms with Crippen molar-refractivity contribution in [2.75, 3.05) is 0 Å². The van der Waals surface area contributed by atoms with Crippen molar-refractivity contribution in [2.24, 2.45) is 14.1 Å². The first-order valence-corrected chi connectivity index (χ1v) is 12.3. The fourth-order valence-electron chi connectivity index (χ4n) is 3.81. The van der Waals surface area contributed by atoms with Crippen LogP contribution in [0, 0.1) is 6.92 Å². The Kier molecular flexibility index (Phi) is 6.63.